The molecule has 1 unspecified atom stereocenters. The highest BCUT2D eigenvalue weighted by Crippen LogP contribution is 2.16. The smallest absolute Gasteiger partial charge is 0.213 e. The van der Waals surface area contributed by atoms with Gasteiger partial charge in [-0.05, 0) is 12.5 Å². The number of aromatic nitrogens is 1. The third-order valence-electron chi connectivity index (χ3n) is 2.46. The molecule has 0 saturated carbocycles. The van der Waals surface area contributed by atoms with Gasteiger partial charge in [0.25, 0.3) is 0 Å². The lowest BCUT2D eigenvalue weighted by Gasteiger charge is -2.11. The summed E-state index contributed by atoms with van der Waals surface area (Å²) in [7, 11) is 0. The van der Waals surface area contributed by atoms with Crippen LogP contribution in [0, 0.1) is 0 Å². The van der Waals surface area contributed by atoms with Crippen molar-refractivity contribution < 1.29 is 9.47 Å². The van der Waals surface area contributed by atoms with Gasteiger partial charge in [-0.15, -0.1) is 0 Å². The SMILES string of the molecule is CC(N)c1ccc(O[C@H]2CCOC2)nc1. The molecule has 2 atom stereocenters. The van der Waals surface area contributed by atoms with Crippen molar-refractivity contribution in [3.63, 3.8) is 0 Å². The fourth-order valence-electron chi connectivity index (χ4n) is 1.51. The Balaban J connectivity index is 1.97. The van der Waals surface area contributed by atoms with Gasteiger partial charge in [-0.1, -0.05) is 6.07 Å². The zero-order valence-electron chi connectivity index (χ0n) is 8.85. The number of nitrogens with two attached hydrogens (primary N) is 1. The first-order chi connectivity index (χ1) is 7.25. The van der Waals surface area contributed by atoms with Gasteiger partial charge in [0.05, 0.1) is 13.2 Å². The van der Waals surface area contributed by atoms with Gasteiger partial charge in [0.2, 0.25) is 5.88 Å². The molecule has 4 heteroatoms. The van der Waals surface area contributed by atoms with E-state index in [-0.39, 0.29) is 12.1 Å². The predicted molar refractivity (Wildman–Crippen MR) is 56.7 cm³/mol. The molecule has 1 aromatic heterocycles. The molecule has 0 radical (unpaired) electrons. The van der Waals surface area contributed by atoms with Gasteiger partial charge < -0.3 is 15.2 Å². The molecule has 0 amide bonds. The fourth-order valence-corrected chi connectivity index (χ4v) is 1.51. The maximum Gasteiger partial charge on any atom is 0.213 e. The maximum absolute atomic E-state index is 5.73. The number of pyridine rings is 1. The Labute approximate surface area is 89.4 Å². The number of hydrogen-bond acceptors (Lipinski definition) is 4. The zero-order valence-corrected chi connectivity index (χ0v) is 8.85. The van der Waals surface area contributed by atoms with Crippen molar-refractivity contribution in [2.45, 2.75) is 25.5 Å². The van der Waals surface area contributed by atoms with Gasteiger partial charge in [-0.25, -0.2) is 4.98 Å². The average molecular weight is 208 g/mol. The third-order valence-corrected chi connectivity index (χ3v) is 2.46. The van der Waals surface area contributed by atoms with Crippen LogP contribution in [0.4, 0.5) is 0 Å². The van der Waals surface area contributed by atoms with Gasteiger partial charge in [0.15, 0.2) is 0 Å². The van der Waals surface area contributed by atoms with Crippen molar-refractivity contribution in [1.82, 2.24) is 4.98 Å². The van der Waals surface area contributed by atoms with Crippen molar-refractivity contribution in [3.8, 4) is 5.88 Å². The lowest BCUT2D eigenvalue weighted by Crippen LogP contribution is -2.16. The molecule has 2 heterocycles. The number of rotatable bonds is 3. The van der Waals surface area contributed by atoms with E-state index in [4.69, 9.17) is 15.2 Å². The van der Waals surface area contributed by atoms with Crippen LogP contribution in [0.5, 0.6) is 5.88 Å². The van der Waals surface area contributed by atoms with Crippen molar-refractivity contribution in [2.75, 3.05) is 13.2 Å². The Morgan fingerprint density at radius 2 is 2.47 bits per heavy atom. The number of hydrogen-bond donors (Lipinski definition) is 1. The molecule has 0 aromatic carbocycles. The predicted octanol–water partition coefficient (Wildman–Crippen LogP) is 1.27. The summed E-state index contributed by atoms with van der Waals surface area (Å²) in [6.45, 7) is 3.38. The van der Waals surface area contributed by atoms with E-state index in [1.165, 1.54) is 0 Å². The van der Waals surface area contributed by atoms with Gasteiger partial charge in [-0.3, -0.25) is 0 Å². The van der Waals surface area contributed by atoms with E-state index in [0.29, 0.717) is 12.5 Å². The molecule has 2 rings (SSSR count). The normalized spacial score (nSPS) is 22.7. The van der Waals surface area contributed by atoms with Crippen molar-refractivity contribution in [3.05, 3.63) is 23.9 Å². The summed E-state index contributed by atoms with van der Waals surface area (Å²) in [6, 6.07) is 3.82. The highest BCUT2D eigenvalue weighted by atomic mass is 16.5. The first-order valence-corrected chi connectivity index (χ1v) is 5.21. The summed E-state index contributed by atoms with van der Waals surface area (Å²) >= 11 is 0. The topological polar surface area (TPSA) is 57.4 Å². The van der Waals surface area contributed by atoms with E-state index in [1.807, 2.05) is 19.1 Å². The van der Waals surface area contributed by atoms with Crippen LogP contribution in [-0.4, -0.2) is 24.3 Å². The Kier molecular flexibility index (Phi) is 3.18. The van der Waals surface area contributed by atoms with Gasteiger partial charge in [0, 0.05) is 24.7 Å². The van der Waals surface area contributed by atoms with Crippen LogP contribution in [0.1, 0.15) is 24.9 Å². The Morgan fingerprint density at radius 1 is 1.60 bits per heavy atom. The molecule has 1 saturated heterocycles. The molecule has 2 N–H and O–H groups in total. The molecule has 1 aromatic rings. The number of nitrogens with zero attached hydrogens (tertiary/aromatic N) is 1. The van der Waals surface area contributed by atoms with E-state index < -0.39 is 0 Å². The highest BCUT2D eigenvalue weighted by Gasteiger charge is 2.17. The van der Waals surface area contributed by atoms with Crippen LogP contribution >= 0.6 is 0 Å². The summed E-state index contributed by atoms with van der Waals surface area (Å²) in [6.07, 6.45) is 2.85. The molecule has 15 heavy (non-hydrogen) atoms. The van der Waals surface area contributed by atoms with Crippen LogP contribution in [-0.2, 0) is 4.74 Å². The second-order valence-electron chi connectivity index (χ2n) is 3.82. The Morgan fingerprint density at radius 3 is 3.00 bits per heavy atom. The Bertz CT molecular complexity index is 305. The lowest BCUT2D eigenvalue weighted by atomic mass is 10.2. The molecule has 82 valence electrons. The van der Waals surface area contributed by atoms with Gasteiger partial charge in [-0.2, -0.15) is 0 Å². The largest absolute Gasteiger partial charge is 0.472 e. The molecule has 0 bridgehead atoms. The minimum absolute atomic E-state index is 0.0152. The monoisotopic (exact) mass is 208 g/mol. The van der Waals surface area contributed by atoms with Crippen LogP contribution in [0.2, 0.25) is 0 Å². The summed E-state index contributed by atoms with van der Waals surface area (Å²) in [4.78, 5) is 4.21. The summed E-state index contributed by atoms with van der Waals surface area (Å²) in [5.74, 6) is 0.648. The first kappa shape index (κ1) is 10.4. The third kappa shape index (κ3) is 2.67. The second-order valence-corrected chi connectivity index (χ2v) is 3.82. The van der Waals surface area contributed by atoms with E-state index >= 15 is 0 Å². The average Bonchev–Trinajstić information content (AvgIpc) is 2.71. The number of ether oxygens (including phenoxy) is 2. The molecule has 4 nitrogen and oxygen atoms in total. The Hall–Kier alpha value is -1.13. The van der Waals surface area contributed by atoms with Crippen LogP contribution in [0.15, 0.2) is 18.3 Å². The van der Waals surface area contributed by atoms with Crippen molar-refractivity contribution >= 4 is 0 Å². The first-order valence-electron chi connectivity index (χ1n) is 5.21. The second kappa shape index (κ2) is 4.59. The molecule has 1 aliphatic heterocycles. The molecule has 0 spiro atoms. The molecule has 1 aliphatic rings. The molecular formula is C11H16N2O2. The van der Waals surface area contributed by atoms with E-state index in [0.717, 1.165) is 18.6 Å². The lowest BCUT2D eigenvalue weighted by molar-refractivity contribution is 0.138. The minimum Gasteiger partial charge on any atom is -0.472 e. The summed E-state index contributed by atoms with van der Waals surface area (Å²) in [5.41, 5.74) is 6.75. The highest BCUT2D eigenvalue weighted by molar-refractivity contribution is 5.20. The molecule has 1 fully saturated rings. The molecular weight excluding hydrogens is 192 g/mol. The minimum atomic E-state index is 0.0152. The van der Waals surface area contributed by atoms with Crippen LogP contribution in [0.25, 0.3) is 0 Å². The summed E-state index contributed by atoms with van der Waals surface area (Å²) < 4.78 is 10.9. The van der Waals surface area contributed by atoms with Crippen LogP contribution < -0.4 is 10.5 Å². The van der Waals surface area contributed by atoms with E-state index in [1.54, 1.807) is 6.20 Å². The van der Waals surface area contributed by atoms with Crippen LogP contribution in [0.3, 0.4) is 0 Å². The van der Waals surface area contributed by atoms with Crippen molar-refractivity contribution in [2.24, 2.45) is 5.73 Å². The zero-order chi connectivity index (χ0) is 10.7. The summed E-state index contributed by atoms with van der Waals surface area (Å²) in [5, 5.41) is 0. The molecule has 0 aliphatic carbocycles. The standard InChI is InChI=1S/C11H16N2O2/c1-8(12)9-2-3-11(13-6-9)15-10-4-5-14-7-10/h2-3,6,8,10H,4-5,7,12H2,1H3/t8?,10-/m0/s1. The van der Waals surface area contributed by atoms with Gasteiger partial charge >= 0.3 is 0 Å². The van der Waals surface area contributed by atoms with E-state index in [2.05, 4.69) is 4.98 Å². The van der Waals surface area contributed by atoms with E-state index in [9.17, 15) is 0 Å². The fraction of sp³-hybridized carbons (Fsp3) is 0.545. The quantitative estimate of drug-likeness (QED) is 0.812. The van der Waals surface area contributed by atoms with Gasteiger partial charge in [0.1, 0.15) is 6.10 Å². The van der Waals surface area contributed by atoms with Crippen molar-refractivity contribution in [1.29, 1.82) is 0 Å². The maximum atomic E-state index is 5.73.